The average Bonchev–Trinajstić information content (AvgIpc) is 2.90. The van der Waals surface area contributed by atoms with Gasteiger partial charge in [0.1, 0.15) is 3.70 Å². The van der Waals surface area contributed by atoms with Crippen LogP contribution in [-0.4, -0.2) is 52.7 Å². The Morgan fingerprint density at radius 1 is 1.38 bits per heavy atom. The molecular weight excluding hydrogens is 425 g/mol. The van der Waals surface area contributed by atoms with Crippen LogP contribution >= 0.6 is 33.9 Å². The zero-order chi connectivity index (χ0) is 15.2. The Bertz CT molecular complexity index is 761. The van der Waals surface area contributed by atoms with Crippen LogP contribution in [0.2, 0.25) is 0 Å². The van der Waals surface area contributed by atoms with E-state index in [2.05, 4.69) is 38.0 Å². The Morgan fingerprint density at radius 3 is 2.62 bits per heavy atom. The van der Waals surface area contributed by atoms with Crippen LogP contribution in [0.1, 0.15) is 18.5 Å². The maximum absolute atomic E-state index is 11.5. The van der Waals surface area contributed by atoms with Crippen molar-refractivity contribution in [3.8, 4) is 0 Å². The van der Waals surface area contributed by atoms with Gasteiger partial charge in [-0.15, -0.1) is 5.10 Å². The van der Waals surface area contributed by atoms with Gasteiger partial charge in [-0.25, -0.2) is 22.2 Å². The lowest BCUT2D eigenvalue weighted by atomic mass is 10.1. The molecule has 0 aromatic carbocycles. The second-order valence-electron chi connectivity index (χ2n) is 5.17. The first kappa shape index (κ1) is 15.4. The number of nitrogens with one attached hydrogen (secondary N) is 1. The van der Waals surface area contributed by atoms with E-state index >= 15 is 0 Å². The van der Waals surface area contributed by atoms with E-state index < -0.39 is 10.0 Å². The molecule has 2 aromatic rings. The molecule has 1 aliphatic heterocycles. The Morgan fingerprint density at radius 2 is 2.05 bits per heavy atom. The molecule has 0 radical (unpaired) electrons. The van der Waals surface area contributed by atoms with Gasteiger partial charge in [-0.2, -0.15) is 0 Å². The van der Waals surface area contributed by atoms with Crippen molar-refractivity contribution in [2.45, 2.75) is 25.8 Å². The molecule has 0 atom stereocenters. The summed E-state index contributed by atoms with van der Waals surface area (Å²) in [7, 11) is -3.07. The number of aromatic nitrogens is 3. The van der Waals surface area contributed by atoms with Crippen LogP contribution < -0.4 is 5.32 Å². The molecule has 0 unspecified atom stereocenters. The van der Waals surface area contributed by atoms with E-state index in [1.54, 1.807) is 0 Å². The van der Waals surface area contributed by atoms with Crippen molar-refractivity contribution in [1.82, 2.24) is 18.9 Å². The van der Waals surface area contributed by atoms with Crippen LogP contribution in [0.3, 0.4) is 0 Å². The molecule has 1 aliphatic rings. The van der Waals surface area contributed by atoms with Gasteiger partial charge >= 0.3 is 0 Å². The second kappa shape index (κ2) is 5.63. The molecule has 21 heavy (non-hydrogen) atoms. The molecule has 1 saturated heterocycles. The lowest BCUT2D eigenvalue weighted by Crippen LogP contribution is -2.41. The average molecular weight is 441 g/mol. The van der Waals surface area contributed by atoms with Gasteiger partial charge in [0.15, 0.2) is 0 Å². The Hall–Kier alpha value is -0.460. The molecule has 0 saturated carbocycles. The Balaban J connectivity index is 1.67. The van der Waals surface area contributed by atoms with E-state index in [9.17, 15) is 8.42 Å². The lowest BCUT2D eigenvalue weighted by Gasteiger charge is -2.30. The van der Waals surface area contributed by atoms with Crippen molar-refractivity contribution >= 4 is 54.0 Å². The third-order valence-corrected chi connectivity index (χ3v) is 6.79. The fourth-order valence-corrected chi connectivity index (χ4v) is 4.81. The number of sulfonamides is 1. The van der Waals surface area contributed by atoms with Crippen LogP contribution in [-0.2, 0) is 10.0 Å². The van der Waals surface area contributed by atoms with E-state index in [-0.39, 0.29) is 6.04 Å². The number of imidazole rings is 1. The van der Waals surface area contributed by atoms with Gasteiger partial charge in [0.2, 0.25) is 20.1 Å². The number of hydrogen-bond donors (Lipinski definition) is 1. The van der Waals surface area contributed by atoms with Gasteiger partial charge in [0.25, 0.3) is 0 Å². The lowest BCUT2D eigenvalue weighted by molar-refractivity contribution is 0.332. The first-order chi connectivity index (χ1) is 9.84. The van der Waals surface area contributed by atoms with E-state index in [4.69, 9.17) is 0 Å². The molecular formula is C11H16IN5O2S2. The van der Waals surface area contributed by atoms with E-state index in [0.717, 1.165) is 32.3 Å². The minimum Gasteiger partial charge on any atom is -0.357 e. The van der Waals surface area contributed by atoms with Gasteiger partial charge < -0.3 is 5.32 Å². The number of aryl methyl sites for hydroxylation is 1. The van der Waals surface area contributed by atoms with E-state index in [0.29, 0.717) is 13.1 Å². The quantitative estimate of drug-likeness (QED) is 0.732. The molecule has 0 amide bonds. The van der Waals surface area contributed by atoms with E-state index in [1.165, 1.54) is 21.9 Å². The number of rotatable bonds is 3. The largest absolute Gasteiger partial charge is 0.357 e. The summed E-state index contributed by atoms with van der Waals surface area (Å²) < 4.78 is 27.3. The zero-order valence-electron chi connectivity index (χ0n) is 11.7. The van der Waals surface area contributed by atoms with Crippen LogP contribution in [0, 0.1) is 10.6 Å². The van der Waals surface area contributed by atoms with E-state index in [1.807, 2.05) is 11.4 Å². The van der Waals surface area contributed by atoms with Crippen molar-refractivity contribution in [3.63, 3.8) is 0 Å². The normalized spacial score (nSPS) is 18.4. The van der Waals surface area contributed by atoms with Gasteiger partial charge in [-0.05, 0) is 42.4 Å². The minimum atomic E-state index is -3.07. The van der Waals surface area contributed by atoms with Crippen molar-refractivity contribution in [2.75, 3.05) is 24.7 Å². The van der Waals surface area contributed by atoms with Crippen LogP contribution in [0.25, 0.3) is 4.96 Å². The molecule has 1 N–H and O–H groups in total. The molecule has 116 valence electrons. The molecule has 10 heteroatoms. The second-order valence-corrected chi connectivity index (χ2v) is 9.13. The molecule has 1 fully saturated rings. The van der Waals surface area contributed by atoms with Gasteiger partial charge in [-0.1, -0.05) is 11.3 Å². The predicted molar refractivity (Wildman–Crippen MR) is 91.4 cm³/mol. The number of hydrogen-bond acceptors (Lipinski definition) is 6. The molecule has 3 rings (SSSR count). The summed E-state index contributed by atoms with van der Waals surface area (Å²) in [6.45, 7) is 3.13. The molecule has 7 nitrogen and oxygen atoms in total. The van der Waals surface area contributed by atoms with Gasteiger partial charge in [0.05, 0.1) is 11.9 Å². The maximum atomic E-state index is 11.5. The van der Waals surface area contributed by atoms with Crippen molar-refractivity contribution in [2.24, 2.45) is 0 Å². The summed E-state index contributed by atoms with van der Waals surface area (Å²) in [5.41, 5.74) is 1.04. The number of anilines is 1. The van der Waals surface area contributed by atoms with Gasteiger partial charge in [0, 0.05) is 19.1 Å². The predicted octanol–water partition coefficient (Wildman–Crippen LogP) is 1.54. The minimum absolute atomic E-state index is 0.262. The zero-order valence-corrected chi connectivity index (χ0v) is 15.5. The highest BCUT2D eigenvalue weighted by Crippen LogP contribution is 2.25. The SMILES string of the molecule is Cc1c(I)nc2sc(NC3CCN(S(C)(=O)=O)CC3)nn12. The fraction of sp³-hybridized carbons (Fsp3) is 0.636. The standard InChI is InChI=1S/C11H16IN5O2S2/c1-7-9(12)14-11-17(7)15-10(20-11)13-8-3-5-16(6-4-8)21(2,18)19/h8H,3-6H2,1-2H3,(H,13,15). The summed E-state index contributed by atoms with van der Waals surface area (Å²) in [6, 6.07) is 0.262. The smallest absolute Gasteiger partial charge is 0.215 e. The van der Waals surface area contributed by atoms with Crippen LogP contribution in [0.4, 0.5) is 5.13 Å². The van der Waals surface area contributed by atoms with Crippen molar-refractivity contribution in [3.05, 3.63) is 9.39 Å². The van der Waals surface area contributed by atoms with Gasteiger partial charge in [-0.3, -0.25) is 0 Å². The first-order valence-electron chi connectivity index (χ1n) is 6.58. The molecule has 2 aromatic heterocycles. The number of halogens is 1. The highest BCUT2D eigenvalue weighted by atomic mass is 127. The molecule has 0 bridgehead atoms. The Kier molecular flexibility index (Phi) is 4.14. The number of fused-ring (bicyclic) bond motifs is 1. The highest BCUT2D eigenvalue weighted by Gasteiger charge is 2.25. The fourth-order valence-electron chi connectivity index (χ4n) is 2.39. The number of piperidine rings is 1. The highest BCUT2D eigenvalue weighted by molar-refractivity contribution is 14.1. The van der Waals surface area contributed by atoms with Crippen molar-refractivity contribution in [1.29, 1.82) is 0 Å². The maximum Gasteiger partial charge on any atom is 0.215 e. The summed E-state index contributed by atoms with van der Waals surface area (Å²) in [4.78, 5) is 5.33. The van der Waals surface area contributed by atoms with Crippen LogP contribution in [0.15, 0.2) is 0 Å². The van der Waals surface area contributed by atoms with Crippen molar-refractivity contribution < 1.29 is 8.42 Å². The summed E-state index contributed by atoms with van der Waals surface area (Å²) >= 11 is 3.73. The summed E-state index contributed by atoms with van der Waals surface area (Å²) in [5.74, 6) is 0. The number of nitrogens with zero attached hydrogens (tertiary/aromatic N) is 4. The van der Waals surface area contributed by atoms with Crippen LogP contribution in [0.5, 0.6) is 0 Å². The first-order valence-corrected chi connectivity index (χ1v) is 10.3. The third-order valence-electron chi connectivity index (χ3n) is 3.62. The summed E-state index contributed by atoms with van der Waals surface area (Å²) in [6.07, 6.45) is 2.86. The molecule has 3 heterocycles. The molecule has 0 spiro atoms. The Labute approximate surface area is 140 Å². The molecule has 0 aliphatic carbocycles. The summed E-state index contributed by atoms with van der Waals surface area (Å²) in [5, 5.41) is 8.76. The monoisotopic (exact) mass is 441 g/mol. The third kappa shape index (κ3) is 3.17. The topological polar surface area (TPSA) is 79.6 Å².